The average molecular weight is 486 g/mol. The summed E-state index contributed by atoms with van der Waals surface area (Å²) in [5, 5.41) is 2.54. The van der Waals surface area contributed by atoms with Crippen LogP contribution in [0.5, 0.6) is 0 Å². The molecule has 1 heterocycles. The first-order chi connectivity index (χ1) is 15.2. The molecular formula is C23H26F3NO5S. The van der Waals surface area contributed by atoms with Gasteiger partial charge in [-0.05, 0) is 51.3 Å². The normalized spacial score (nSPS) is 12.8. The molecule has 2 aromatic rings. The Morgan fingerprint density at radius 2 is 1.70 bits per heavy atom. The Bertz CT molecular complexity index is 1050. The molecule has 0 radical (unpaired) electrons. The number of amides is 1. The Kier molecular flexibility index (Phi) is 7.95. The highest BCUT2D eigenvalue weighted by atomic mass is 32.1. The third-order valence-corrected chi connectivity index (χ3v) is 5.91. The number of esters is 2. The summed E-state index contributed by atoms with van der Waals surface area (Å²) in [7, 11) is 1.15. The van der Waals surface area contributed by atoms with Crippen molar-refractivity contribution in [3.63, 3.8) is 0 Å². The molecule has 0 spiro atoms. The molecule has 0 bridgehead atoms. The van der Waals surface area contributed by atoms with Crippen molar-refractivity contribution >= 4 is 34.2 Å². The number of methoxy groups -OCH3 is 1. The van der Waals surface area contributed by atoms with E-state index in [1.165, 1.54) is 25.1 Å². The summed E-state index contributed by atoms with van der Waals surface area (Å²) in [6, 6.07) is 4.85. The molecular weight excluding hydrogens is 459 g/mol. The Morgan fingerprint density at radius 1 is 1.09 bits per heavy atom. The van der Waals surface area contributed by atoms with E-state index in [2.05, 4.69) is 5.32 Å². The lowest BCUT2D eigenvalue weighted by molar-refractivity contribution is -0.138. The van der Waals surface area contributed by atoms with Gasteiger partial charge < -0.3 is 14.8 Å². The summed E-state index contributed by atoms with van der Waals surface area (Å²) in [5.74, 6) is -3.36. The molecule has 0 aliphatic heterocycles. The van der Waals surface area contributed by atoms with Crippen molar-refractivity contribution in [1.82, 2.24) is 0 Å². The second-order valence-electron chi connectivity index (χ2n) is 8.29. The van der Waals surface area contributed by atoms with Gasteiger partial charge in [0.25, 0.3) is 0 Å². The number of nitrogens with one attached hydrogen (secondary N) is 1. The monoisotopic (exact) mass is 485 g/mol. The van der Waals surface area contributed by atoms with Gasteiger partial charge in [0.1, 0.15) is 15.5 Å². The molecule has 2 rings (SSSR count). The molecule has 6 nitrogen and oxygen atoms in total. The van der Waals surface area contributed by atoms with Crippen LogP contribution < -0.4 is 5.32 Å². The van der Waals surface area contributed by atoms with Crippen LogP contribution in [-0.4, -0.2) is 30.6 Å². The molecule has 0 aliphatic rings. The smallest absolute Gasteiger partial charge is 0.416 e. The fourth-order valence-corrected chi connectivity index (χ4v) is 4.35. The Balaban J connectivity index is 2.49. The van der Waals surface area contributed by atoms with Crippen LogP contribution >= 0.6 is 11.3 Å². The molecule has 10 heteroatoms. The van der Waals surface area contributed by atoms with Gasteiger partial charge in [0.2, 0.25) is 5.91 Å². The summed E-state index contributed by atoms with van der Waals surface area (Å²) in [6.07, 6.45) is -4.55. The van der Waals surface area contributed by atoms with E-state index in [0.29, 0.717) is 0 Å². The van der Waals surface area contributed by atoms with Crippen molar-refractivity contribution in [2.24, 2.45) is 0 Å². The van der Waals surface area contributed by atoms with Crippen molar-refractivity contribution in [2.45, 2.75) is 58.7 Å². The molecule has 0 aliphatic carbocycles. The fourth-order valence-electron chi connectivity index (χ4n) is 3.27. The number of carbonyl (C=O) groups excluding carboxylic acids is 3. The van der Waals surface area contributed by atoms with Gasteiger partial charge in [0.05, 0.1) is 24.2 Å². The van der Waals surface area contributed by atoms with Crippen LogP contribution in [0.1, 0.15) is 76.8 Å². The first-order valence-electron chi connectivity index (χ1n) is 10.1. The summed E-state index contributed by atoms with van der Waals surface area (Å²) < 4.78 is 50.6. The van der Waals surface area contributed by atoms with Crippen LogP contribution in [0, 0.1) is 6.92 Å². The Morgan fingerprint density at radius 3 is 2.21 bits per heavy atom. The van der Waals surface area contributed by atoms with Crippen molar-refractivity contribution in [3.8, 4) is 0 Å². The first kappa shape index (κ1) is 26.4. The maximum Gasteiger partial charge on any atom is 0.416 e. The topological polar surface area (TPSA) is 81.7 Å². The molecule has 1 unspecified atom stereocenters. The molecule has 0 saturated heterocycles. The summed E-state index contributed by atoms with van der Waals surface area (Å²) in [6.45, 7) is 8.14. The minimum absolute atomic E-state index is 0.00755. The summed E-state index contributed by atoms with van der Waals surface area (Å²) >= 11 is 0.810. The number of halogens is 3. The van der Waals surface area contributed by atoms with Gasteiger partial charge in [-0.3, -0.25) is 4.79 Å². The van der Waals surface area contributed by atoms with Crippen LogP contribution in [0.2, 0.25) is 0 Å². The predicted molar refractivity (Wildman–Crippen MR) is 119 cm³/mol. The van der Waals surface area contributed by atoms with Gasteiger partial charge in [-0.25, -0.2) is 9.59 Å². The maximum absolute atomic E-state index is 13.5. The molecule has 1 N–H and O–H groups in total. The number of benzene rings is 1. The van der Waals surface area contributed by atoms with Crippen molar-refractivity contribution in [1.29, 1.82) is 0 Å². The standard InChI is InChI=1S/C23H26F3NO5S/c1-7-13(14-10-8-9-11-15(14)23(24,25)26)18(28)27-19-16(20(29)31-6)12(2)17(33-19)21(30)32-22(3,4)5/h8-11,13H,7H2,1-6H3,(H,27,28). The number of rotatable bonds is 6. The molecule has 1 aromatic carbocycles. The van der Waals surface area contributed by atoms with Gasteiger partial charge in [-0.15, -0.1) is 11.3 Å². The lowest BCUT2D eigenvalue weighted by Crippen LogP contribution is -2.24. The van der Waals surface area contributed by atoms with Crippen molar-refractivity contribution in [2.75, 3.05) is 12.4 Å². The van der Waals surface area contributed by atoms with Gasteiger partial charge in [0.15, 0.2) is 0 Å². The maximum atomic E-state index is 13.5. The second kappa shape index (κ2) is 9.94. The van der Waals surface area contributed by atoms with E-state index < -0.39 is 41.1 Å². The largest absolute Gasteiger partial charge is 0.465 e. The van der Waals surface area contributed by atoms with Gasteiger partial charge in [-0.2, -0.15) is 13.2 Å². The Labute approximate surface area is 194 Å². The number of hydrogen-bond acceptors (Lipinski definition) is 6. The molecule has 180 valence electrons. The SMILES string of the molecule is CCC(C(=O)Nc1sc(C(=O)OC(C)(C)C)c(C)c1C(=O)OC)c1ccccc1C(F)(F)F. The predicted octanol–water partition coefficient (Wildman–Crippen LogP) is 5.95. The second-order valence-corrected chi connectivity index (χ2v) is 9.31. The first-order valence-corrected chi connectivity index (χ1v) is 10.9. The highest BCUT2D eigenvalue weighted by molar-refractivity contribution is 7.18. The molecule has 0 saturated carbocycles. The number of alkyl halides is 3. The number of hydrogen-bond donors (Lipinski definition) is 1. The molecule has 33 heavy (non-hydrogen) atoms. The summed E-state index contributed by atoms with van der Waals surface area (Å²) in [5.41, 5.74) is -1.67. The van der Waals surface area contributed by atoms with Gasteiger partial charge in [-0.1, -0.05) is 25.1 Å². The minimum Gasteiger partial charge on any atom is -0.465 e. The van der Waals surface area contributed by atoms with E-state index >= 15 is 0 Å². The highest BCUT2D eigenvalue weighted by Gasteiger charge is 2.37. The zero-order valence-electron chi connectivity index (χ0n) is 19.2. The van der Waals surface area contributed by atoms with Crippen LogP contribution in [0.3, 0.4) is 0 Å². The minimum atomic E-state index is -4.63. The number of carbonyl (C=O) groups is 3. The lowest BCUT2D eigenvalue weighted by Gasteiger charge is -2.20. The zero-order chi connectivity index (χ0) is 25.1. The van der Waals surface area contributed by atoms with Gasteiger partial charge >= 0.3 is 18.1 Å². The van der Waals surface area contributed by atoms with Crippen LogP contribution in [0.4, 0.5) is 18.2 Å². The zero-order valence-corrected chi connectivity index (χ0v) is 20.0. The number of thiophene rings is 1. The molecule has 0 fully saturated rings. The van der Waals surface area contributed by atoms with E-state index in [4.69, 9.17) is 9.47 Å². The van der Waals surface area contributed by atoms with E-state index in [1.54, 1.807) is 27.7 Å². The van der Waals surface area contributed by atoms with E-state index in [-0.39, 0.29) is 33.0 Å². The van der Waals surface area contributed by atoms with Crippen LogP contribution in [-0.2, 0) is 20.4 Å². The third-order valence-electron chi connectivity index (χ3n) is 4.72. The van der Waals surface area contributed by atoms with E-state index in [0.717, 1.165) is 24.5 Å². The number of ether oxygens (including phenoxy) is 2. The quantitative estimate of drug-likeness (QED) is 0.512. The molecule has 1 amide bonds. The highest BCUT2D eigenvalue weighted by Crippen LogP contribution is 2.39. The average Bonchev–Trinajstić information content (AvgIpc) is 3.02. The van der Waals surface area contributed by atoms with Crippen molar-refractivity contribution < 1.29 is 37.0 Å². The molecule has 1 atom stereocenters. The third kappa shape index (κ3) is 6.13. The Hall–Kier alpha value is -2.88. The van der Waals surface area contributed by atoms with Crippen molar-refractivity contribution in [3.05, 3.63) is 51.4 Å². The van der Waals surface area contributed by atoms with E-state index in [1.807, 2.05) is 0 Å². The van der Waals surface area contributed by atoms with Gasteiger partial charge in [0, 0.05) is 0 Å². The van der Waals surface area contributed by atoms with Crippen LogP contribution in [0.25, 0.3) is 0 Å². The number of anilines is 1. The molecule has 1 aromatic heterocycles. The van der Waals surface area contributed by atoms with E-state index in [9.17, 15) is 27.6 Å². The fraction of sp³-hybridized carbons (Fsp3) is 0.435. The summed E-state index contributed by atoms with van der Waals surface area (Å²) in [4.78, 5) is 38.1. The van der Waals surface area contributed by atoms with Crippen LogP contribution in [0.15, 0.2) is 24.3 Å². The lowest BCUT2D eigenvalue weighted by atomic mass is 9.91.